The molecule has 0 aliphatic heterocycles. The first-order valence-electron chi connectivity index (χ1n) is 4.86. The summed E-state index contributed by atoms with van der Waals surface area (Å²) in [5.41, 5.74) is 0.535. The SMILES string of the molecule is CC(O)CNC(C)c1cc(F)cc(F)c1. The third-order valence-electron chi connectivity index (χ3n) is 2.10. The van der Waals surface area contributed by atoms with Gasteiger partial charge in [-0.1, -0.05) is 0 Å². The molecule has 4 heteroatoms. The van der Waals surface area contributed by atoms with E-state index >= 15 is 0 Å². The fraction of sp³-hybridized carbons (Fsp3) is 0.455. The van der Waals surface area contributed by atoms with E-state index in [4.69, 9.17) is 5.11 Å². The first-order chi connectivity index (χ1) is 6.99. The van der Waals surface area contributed by atoms with Crippen LogP contribution in [0.4, 0.5) is 8.78 Å². The molecule has 0 radical (unpaired) electrons. The monoisotopic (exact) mass is 215 g/mol. The van der Waals surface area contributed by atoms with Crippen LogP contribution in [0.25, 0.3) is 0 Å². The molecule has 0 saturated heterocycles. The Kier molecular flexibility index (Phi) is 4.17. The third kappa shape index (κ3) is 3.93. The molecule has 0 fully saturated rings. The van der Waals surface area contributed by atoms with Crippen LogP contribution in [0.2, 0.25) is 0 Å². The molecule has 0 saturated carbocycles. The van der Waals surface area contributed by atoms with Crippen molar-refractivity contribution in [3.05, 3.63) is 35.4 Å². The molecular weight excluding hydrogens is 200 g/mol. The van der Waals surface area contributed by atoms with E-state index in [1.54, 1.807) is 13.8 Å². The average molecular weight is 215 g/mol. The zero-order chi connectivity index (χ0) is 11.4. The van der Waals surface area contributed by atoms with Gasteiger partial charge in [-0.2, -0.15) is 0 Å². The summed E-state index contributed by atoms with van der Waals surface area (Å²) < 4.78 is 25.7. The lowest BCUT2D eigenvalue weighted by atomic mass is 10.1. The fourth-order valence-corrected chi connectivity index (χ4v) is 1.29. The minimum Gasteiger partial charge on any atom is -0.392 e. The maximum absolute atomic E-state index is 12.9. The van der Waals surface area contributed by atoms with E-state index < -0.39 is 17.7 Å². The second-order valence-corrected chi connectivity index (χ2v) is 3.68. The Morgan fingerprint density at radius 1 is 1.20 bits per heavy atom. The number of halogens is 2. The summed E-state index contributed by atoms with van der Waals surface area (Å²) in [6, 6.07) is 3.21. The second kappa shape index (κ2) is 5.19. The van der Waals surface area contributed by atoms with Crippen LogP contribution in [-0.4, -0.2) is 17.8 Å². The Bertz CT molecular complexity index is 308. The van der Waals surface area contributed by atoms with Gasteiger partial charge in [-0.15, -0.1) is 0 Å². The third-order valence-corrected chi connectivity index (χ3v) is 2.10. The number of nitrogens with one attached hydrogen (secondary N) is 1. The van der Waals surface area contributed by atoms with Gasteiger partial charge >= 0.3 is 0 Å². The lowest BCUT2D eigenvalue weighted by Crippen LogP contribution is -2.27. The van der Waals surface area contributed by atoms with E-state index in [-0.39, 0.29) is 6.04 Å². The maximum atomic E-state index is 12.9. The van der Waals surface area contributed by atoms with E-state index in [2.05, 4.69) is 5.32 Å². The molecule has 2 N–H and O–H groups in total. The van der Waals surface area contributed by atoms with Crippen molar-refractivity contribution in [3.63, 3.8) is 0 Å². The van der Waals surface area contributed by atoms with Gasteiger partial charge in [0.15, 0.2) is 0 Å². The molecule has 0 amide bonds. The highest BCUT2D eigenvalue weighted by Gasteiger charge is 2.08. The van der Waals surface area contributed by atoms with Gasteiger partial charge in [0.2, 0.25) is 0 Å². The molecule has 1 rings (SSSR count). The van der Waals surface area contributed by atoms with Crippen molar-refractivity contribution in [2.45, 2.75) is 26.0 Å². The van der Waals surface area contributed by atoms with Crippen LogP contribution in [0, 0.1) is 11.6 Å². The molecule has 0 heterocycles. The van der Waals surface area contributed by atoms with Crippen LogP contribution in [0.15, 0.2) is 18.2 Å². The van der Waals surface area contributed by atoms with Gasteiger partial charge in [-0.25, -0.2) is 8.78 Å². The summed E-state index contributed by atoms with van der Waals surface area (Å²) in [4.78, 5) is 0. The predicted molar refractivity (Wildman–Crippen MR) is 54.5 cm³/mol. The number of benzene rings is 1. The topological polar surface area (TPSA) is 32.3 Å². The summed E-state index contributed by atoms with van der Waals surface area (Å²) >= 11 is 0. The van der Waals surface area contributed by atoms with Gasteiger partial charge in [0.25, 0.3) is 0 Å². The first-order valence-corrected chi connectivity index (χ1v) is 4.86. The highest BCUT2D eigenvalue weighted by molar-refractivity contribution is 5.20. The van der Waals surface area contributed by atoms with Gasteiger partial charge in [0, 0.05) is 18.7 Å². The van der Waals surface area contributed by atoms with Crippen molar-refractivity contribution in [2.24, 2.45) is 0 Å². The van der Waals surface area contributed by atoms with E-state index in [0.717, 1.165) is 6.07 Å². The molecular formula is C11H15F2NO. The lowest BCUT2D eigenvalue weighted by molar-refractivity contribution is 0.187. The molecule has 1 aromatic carbocycles. The Hall–Kier alpha value is -1.00. The number of aliphatic hydroxyl groups is 1. The van der Waals surface area contributed by atoms with Crippen LogP contribution in [0.5, 0.6) is 0 Å². The largest absolute Gasteiger partial charge is 0.392 e. The molecule has 0 aromatic heterocycles. The van der Waals surface area contributed by atoms with E-state index in [9.17, 15) is 8.78 Å². The molecule has 15 heavy (non-hydrogen) atoms. The standard InChI is InChI=1S/C11H15F2NO/c1-7(15)6-14-8(2)9-3-10(12)5-11(13)4-9/h3-5,7-8,14-15H,6H2,1-2H3. The number of aliphatic hydroxyl groups excluding tert-OH is 1. The molecule has 1 aromatic rings. The molecule has 0 aliphatic rings. The molecule has 84 valence electrons. The molecule has 0 bridgehead atoms. The fourth-order valence-electron chi connectivity index (χ4n) is 1.29. The van der Waals surface area contributed by atoms with Gasteiger partial charge in [0.05, 0.1) is 6.10 Å². The van der Waals surface area contributed by atoms with Crippen LogP contribution in [0.3, 0.4) is 0 Å². The number of rotatable bonds is 4. The Morgan fingerprint density at radius 2 is 1.73 bits per heavy atom. The molecule has 0 aliphatic carbocycles. The quantitative estimate of drug-likeness (QED) is 0.805. The minimum atomic E-state index is -0.587. The Labute approximate surface area is 87.9 Å². The smallest absolute Gasteiger partial charge is 0.126 e. The van der Waals surface area contributed by atoms with Gasteiger partial charge < -0.3 is 10.4 Å². The van der Waals surface area contributed by atoms with Crippen LogP contribution in [-0.2, 0) is 0 Å². The molecule has 2 unspecified atom stereocenters. The Balaban J connectivity index is 2.68. The predicted octanol–water partition coefficient (Wildman–Crippen LogP) is 2.00. The average Bonchev–Trinajstić information content (AvgIpc) is 2.12. The summed E-state index contributed by atoms with van der Waals surface area (Å²) in [5.74, 6) is -1.17. The molecule has 2 nitrogen and oxygen atoms in total. The van der Waals surface area contributed by atoms with Gasteiger partial charge in [0.1, 0.15) is 11.6 Å². The van der Waals surface area contributed by atoms with Crippen LogP contribution < -0.4 is 5.32 Å². The zero-order valence-corrected chi connectivity index (χ0v) is 8.80. The maximum Gasteiger partial charge on any atom is 0.126 e. The zero-order valence-electron chi connectivity index (χ0n) is 8.80. The molecule has 0 spiro atoms. The number of hydrogen-bond acceptors (Lipinski definition) is 2. The normalized spacial score (nSPS) is 15.0. The van der Waals surface area contributed by atoms with E-state index in [0.29, 0.717) is 12.1 Å². The van der Waals surface area contributed by atoms with Crippen molar-refractivity contribution in [1.29, 1.82) is 0 Å². The van der Waals surface area contributed by atoms with Crippen molar-refractivity contribution in [3.8, 4) is 0 Å². The highest BCUT2D eigenvalue weighted by atomic mass is 19.1. The summed E-state index contributed by atoms with van der Waals surface area (Å²) in [6.45, 7) is 3.82. The summed E-state index contributed by atoms with van der Waals surface area (Å²) in [5, 5.41) is 12.0. The highest BCUT2D eigenvalue weighted by Crippen LogP contribution is 2.15. The summed E-state index contributed by atoms with van der Waals surface area (Å²) in [6.07, 6.45) is -0.481. The minimum absolute atomic E-state index is 0.190. The lowest BCUT2D eigenvalue weighted by Gasteiger charge is -2.15. The van der Waals surface area contributed by atoms with Crippen molar-refractivity contribution >= 4 is 0 Å². The van der Waals surface area contributed by atoms with Crippen LogP contribution >= 0.6 is 0 Å². The first kappa shape index (κ1) is 12.1. The summed E-state index contributed by atoms with van der Waals surface area (Å²) in [7, 11) is 0. The van der Waals surface area contributed by atoms with Gasteiger partial charge in [-0.05, 0) is 31.5 Å². The van der Waals surface area contributed by atoms with Gasteiger partial charge in [-0.3, -0.25) is 0 Å². The van der Waals surface area contributed by atoms with Crippen molar-refractivity contribution in [2.75, 3.05) is 6.54 Å². The van der Waals surface area contributed by atoms with E-state index in [1.165, 1.54) is 12.1 Å². The molecule has 2 atom stereocenters. The number of hydrogen-bond donors (Lipinski definition) is 2. The second-order valence-electron chi connectivity index (χ2n) is 3.68. The van der Waals surface area contributed by atoms with Crippen molar-refractivity contribution < 1.29 is 13.9 Å². The van der Waals surface area contributed by atoms with Crippen LogP contribution in [0.1, 0.15) is 25.5 Å². The Morgan fingerprint density at radius 3 is 2.20 bits per heavy atom. The van der Waals surface area contributed by atoms with Crippen molar-refractivity contribution in [1.82, 2.24) is 5.32 Å². The van der Waals surface area contributed by atoms with E-state index in [1.807, 2.05) is 0 Å².